The van der Waals surface area contributed by atoms with E-state index >= 15 is 0 Å². The van der Waals surface area contributed by atoms with Crippen LogP contribution in [-0.4, -0.2) is 0 Å². The van der Waals surface area contributed by atoms with Crippen LogP contribution in [0.5, 0.6) is 11.5 Å². The van der Waals surface area contributed by atoms with Gasteiger partial charge in [0.1, 0.15) is 11.5 Å². The molecule has 0 aliphatic carbocycles. The van der Waals surface area contributed by atoms with Crippen molar-refractivity contribution in [3.63, 3.8) is 0 Å². The molecule has 4 heteroatoms. The summed E-state index contributed by atoms with van der Waals surface area (Å²) in [6.07, 6.45) is 0. The lowest BCUT2D eigenvalue weighted by atomic mass is 10.2. The van der Waals surface area contributed by atoms with Crippen molar-refractivity contribution >= 4 is 27.5 Å². The van der Waals surface area contributed by atoms with E-state index < -0.39 is 0 Å². The molecule has 0 atom stereocenters. The molecule has 2 aromatic rings. The van der Waals surface area contributed by atoms with Crippen molar-refractivity contribution in [1.29, 1.82) is 0 Å². The average Bonchev–Trinajstić information content (AvgIpc) is 2.33. The molecule has 2 rings (SSSR count). The van der Waals surface area contributed by atoms with E-state index in [2.05, 4.69) is 15.9 Å². The summed E-state index contributed by atoms with van der Waals surface area (Å²) in [5.74, 6) is 1.36. The minimum Gasteiger partial charge on any atom is -0.455 e. The molecule has 0 fully saturated rings. The fraction of sp³-hybridized carbons (Fsp3) is 0.0769. The summed E-state index contributed by atoms with van der Waals surface area (Å²) >= 11 is 9.44. The molecule has 0 aromatic heterocycles. The Bertz CT molecular complexity index is 531. The summed E-state index contributed by atoms with van der Waals surface area (Å²) in [5, 5.41) is 0.561. The van der Waals surface area contributed by atoms with E-state index in [1.165, 1.54) is 0 Å². The zero-order chi connectivity index (χ0) is 12.3. The molecule has 17 heavy (non-hydrogen) atoms. The molecule has 0 aliphatic rings. The summed E-state index contributed by atoms with van der Waals surface area (Å²) in [4.78, 5) is 0. The van der Waals surface area contributed by atoms with Crippen LogP contribution in [0.1, 0.15) is 5.56 Å². The first kappa shape index (κ1) is 12.4. The Balaban J connectivity index is 2.31. The minimum atomic E-state index is 0.435. The molecule has 0 bridgehead atoms. The summed E-state index contributed by atoms with van der Waals surface area (Å²) in [6.45, 7) is 0.435. The molecule has 0 aliphatic heterocycles. The van der Waals surface area contributed by atoms with Crippen LogP contribution in [0.2, 0.25) is 5.02 Å². The van der Waals surface area contributed by atoms with E-state index in [0.29, 0.717) is 17.3 Å². The molecule has 0 amide bonds. The molecule has 2 nitrogen and oxygen atoms in total. The lowest BCUT2D eigenvalue weighted by Crippen LogP contribution is -1.99. The van der Waals surface area contributed by atoms with Gasteiger partial charge < -0.3 is 10.5 Å². The fourth-order valence-electron chi connectivity index (χ4n) is 1.45. The standard InChI is InChI=1S/C13H11BrClNO/c14-10-5-6-13(11(15)7-10)17-12-4-2-1-3-9(12)8-16/h1-7H,8,16H2. The number of hydrogen-bond acceptors (Lipinski definition) is 2. The van der Waals surface area contributed by atoms with Crippen LogP contribution < -0.4 is 10.5 Å². The number of rotatable bonds is 3. The third kappa shape index (κ3) is 3.00. The van der Waals surface area contributed by atoms with E-state index in [0.717, 1.165) is 15.8 Å². The van der Waals surface area contributed by atoms with Crippen molar-refractivity contribution in [2.45, 2.75) is 6.54 Å². The highest BCUT2D eigenvalue weighted by Crippen LogP contribution is 2.32. The smallest absolute Gasteiger partial charge is 0.146 e. The average molecular weight is 313 g/mol. The summed E-state index contributed by atoms with van der Waals surface area (Å²) in [7, 11) is 0. The number of halogens is 2. The van der Waals surface area contributed by atoms with Gasteiger partial charge in [-0.2, -0.15) is 0 Å². The van der Waals surface area contributed by atoms with Gasteiger partial charge >= 0.3 is 0 Å². The predicted molar refractivity (Wildman–Crippen MR) is 73.6 cm³/mol. The highest BCUT2D eigenvalue weighted by atomic mass is 79.9. The number of nitrogens with two attached hydrogens (primary N) is 1. The third-order valence-electron chi connectivity index (χ3n) is 2.31. The van der Waals surface area contributed by atoms with E-state index in [1.54, 1.807) is 6.07 Å². The number of para-hydroxylation sites is 1. The molecule has 0 unspecified atom stereocenters. The van der Waals surface area contributed by atoms with Gasteiger partial charge in [-0.05, 0) is 24.3 Å². The van der Waals surface area contributed by atoms with Gasteiger partial charge in [-0.15, -0.1) is 0 Å². The Morgan fingerprint density at radius 3 is 2.59 bits per heavy atom. The number of benzene rings is 2. The SMILES string of the molecule is NCc1ccccc1Oc1ccc(Br)cc1Cl. The third-order valence-corrected chi connectivity index (χ3v) is 3.09. The van der Waals surface area contributed by atoms with Crippen LogP contribution in [-0.2, 0) is 6.54 Å². The first-order valence-electron chi connectivity index (χ1n) is 5.11. The van der Waals surface area contributed by atoms with Crippen molar-refractivity contribution < 1.29 is 4.74 Å². The zero-order valence-corrected chi connectivity index (χ0v) is 11.3. The van der Waals surface area contributed by atoms with Crippen LogP contribution in [0.3, 0.4) is 0 Å². The van der Waals surface area contributed by atoms with Crippen LogP contribution in [0, 0.1) is 0 Å². The van der Waals surface area contributed by atoms with E-state index in [-0.39, 0.29) is 0 Å². The molecule has 0 spiro atoms. The quantitative estimate of drug-likeness (QED) is 0.914. The first-order chi connectivity index (χ1) is 8.20. The maximum absolute atomic E-state index is 6.09. The maximum atomic E-state index is 6.09. The van der Waals surface area contributed by atoms with Crippen LogP contribution in [0.15, 0.2) is 46.9 Å². The second kappa shape index (κ2) is 5.54. The van der Waals surface area contributed by atoms with Gasteiger partial charge in [0, 0.05) is 16.6 Å². The molecule has 0 saturated carbocycles. The van der Waals surface area contributed by atoms with Gasteiger partial charge in [0.15, 0.2) is 0 Å². The molecule has 2 N–H and O–H groups in total. The highest BCUT2D eigenvalue weighted by molar-refractivity contribution is 9.10. The topological polar surface area (TPSA) is 35.2 Å². The van der Waals surface area contributed by atoms with E-state index in [9.17, 15) is 0 Å². The van der Waals surface area contributed by atoms with E-state index in [4.69, 9.17) is 22.1 Å². The Labute approximate surface area is 113 Å². The van der Waals surface area contributed by atoms with Gasteiger partial charge in [-0.3, -0.25) is 0 Å². The molecule has 2 aromatic carbocycles. The maximum Gasteiger partial charge on any atom is 0.146 e. The van der Waals surface area contributed by atoms with Gasteiger partial charge in [0.05, 0.1) is 5.02 Å². The highest BCUT2D eigenvalue weighted by Gasteiger charge is 2.06. The molecule has 0 radical (unpaired) electrons. The van der Waals surface area contributed by atoms with Crippen molar-refractivity contribution in [2.75, 3.05) is 0 Å². The Morgan fingerprint density at radius 1 is 1.12 bits per heavy atom. The van der Waals surface area contributed by atoms with E-state index in [1.807, 2.05) is 36.4 Å². The number of ether oxygens (including phenoxy) is 1. The lowest BCUT2D eigenvalue weighted by Gasteiger charge is -2.11. The monoisotopic (exact) mass is 311 g/mol. The summed E-state index contributed by atoms with van der Waals surface area (Å²) < 4.78 is 6.67. The normalized spacial score (nSPS) is 10.3. The Kier molecular flexibility index (Phi) is 4.05. The Hall–Kier alpha value is -1.03. The molecular weight excluding hydrogens is 302 g/mol. The van der Waals surface area contributed by atoms with Crippen molar-refractivity contribution in [3.05, 3.63) is 57.5 Å². The van der Waals surface area contributed by atoms with Crippen molar-refractivity contribution in [1.82, 2.24) is 0 Å². The summed E-state index contributed by atoms with van der Waals surface area (Å²) in [6, 6.07) is 13.1. The van der Waals surface area contributed by atoms with Crippen LogP contribution in [0.4, 0.5) is 0 Å². The second-order valence-corrected chi connectivity index (χ2v) is 4.81. The second-order valence-electron chi connectivity index (χ2n) is 3.49. The lowest BCUT2D eigenvalue weighted by molar-refractivity contribution is 0.476. The number of hydrogen-bond donors (Lipinski definition) is 1. The van der Waals surface area contributed by atoms with Gasteiger partial charge in [-0.1, -0.05) is 45.7 Å². The predicted octanol–water partition coefficient (Wildman–Crippen LogP) is 4.35. The van der Waals surface area contributed by atoms with Gasteiger partial charge in [0.2, 0.25) is 0 Å². The van der Waals surface area contributed by atoms with Crippen LogP contribution >= 0.6 is 27.5 Å². The van der Waals surface area contributed by atoms with Gasteiger partial charge in [0.25, 0.3) is 0 Å². The fourth-order valence-corrected chi connectivity index (χ4v) is 2.16. The molecule has 0 heterocycles. The van der Waals surface area contributed by atoms with Crippen molar-refractivity contribution in [2.24, 2.45) is 5.73 Å². The zero-order valence-electron chi connectivity index (χ0n) is 8.99. The Morgan fingerprint density at radius 2 is 1.88 bits per heavy atom. The van der Waals surface area contributed by atoms with Crippen LogP contribution in [0.25, 0.3) is 0 Å². The summed E-state index contributed by atoms with van der Waals surface area (Å²) in [5.41, 5.74) is 6.60. The minimum absolute atomic E-state index is 0.435. The molecule has 0 saturated heterocycles. The molecule has 88 valence electrons. The first-order valence-corrected chi connectivity index (χ1v) is 6.28. The molecular formula is C13H11BrClNO. The largest absolute Gasteiger partial charge is 0.455 e. The van der Waals surface area contributed by atoms with Gasteiger partial charge in [-0.25, -0.2) is 0 Å². The van der Waals surface area contributed by atoms with Crippen molar-refractivity contribution in [3.8, 4) is 11.5 Å².